The molecule has 5 nitrogen and oxygen atoms in total. The summed E-state index contributed by atoms with van der Waals surface area (Å²) in [5.41, 5.74) is 2.78. The minimum Gasteiger partial charge on any atom is -0.482 e. The molecule has 0 bridgehead atoms. The number of aryl methyl sites for hydroxylation is 1. The largest absolute Gasteiger partial charge is 0.482 e. The Bertz CT molecular complexity index is 753. The first-order valence-electron chi connectivity index (χ1n) is 8.65. The summed E-state index contributed by atoms with van der Waals surface area (Å²) < 4.78 is 10.7. The van der Waals surface area contributed by atoms with Crippen molar-refractivity contribution in [3.8, 4) is 5.75 Å². The predicted molar refractivity (Wildman–Crippen MR) is 101 cm³/mol. The van der Waals surface area contributed by atoms with Crippen LogP contribution in [-0.4, -0.2) is 24.6 Å². The fourth-order valence-electron chi connectivity index (χ4n) is 2.39. The summed E-state index contributed by atoms with van der Waals surface area (Å²) in [6.07, 6.45) is -0.909. The van der Waals surface area contributed by atoms with Crippen LogP contribution in [0.4, 0.5) is 5.69 Å². The molecule has 1 N–H and O–H groups in total. The topological polar surface area (TPSA) is 64.6 Å². The zero-order chi connectivity index (χ0) is 19.1. The van der Waals surface area contributed by atoms with E-state index in [1.165, 1.54) is 6.92 Å². The lowest BCUT2D eigenvalue weighted by Gasteiger charge is -2.16. The molecule has 0 spiro atoms. The van der Waals surface area contributed by atoms with Crippen LogP contribution in [0.1, 0.15) is 37.8 Å². The number of carbonyl (C=O) groups excluding carboxylic acids is 2. The quantitative estimate of drug-likeness (QED) is 0.761. The van der Waals surface area contributed by atoms with E-state index in [1.807, 2.05) is 43.3 Å². The molecule has 0 saturated heterocycles. The lowest BCUT2D eigenvalue weighted by molar-refractivity contribution is -0.155. The maximum Gasteiger partial charge on any atom is 0.344 e. The van der Waals surface area contributed by atoms with Crippen molar-refractivity contribution >= 4 is 17.6 Å². The number of hydrogen-bond acceptors (Lipinski definition) is 4. The Morgan fingerprint density at radius 2 is 1.65 bits per heavy atom. The van der Waals surface area contributed by atoms with Gasteiger partial charge in [-0.15, -0.1) is 0 Å². The van der Waals surface area contributed by atoms with Gasteiger partial charge >= 0.3 is 5.97 Å². The second kappa shape index (κ2) is 9.04. The van der Waals surface area contributed by atoms with Crippen LogP contribution in [0.15, 0.2) is 48.5 Å². The molecule has 0 aliphatic carbocycles. The molecule has 1 atom stereocenters. The molecule has 0 fully saturated rings. The lowest BCUT2D eigenvalue weighted by Crippen LogP contribution is -2.31. The predicted octanol–water partition coefficient (Wildman–Crippen LogP) is 4.07. The van der Waals surface area contributed by atoms with Gasteiger partial charge in [0.05, 0.1) is 0 Å². The summed E-state index contributed by atoms with van der Waals surface area (Å²) in [6.45, 7) is 7.36. The number of para-hydroxylation sites is 1. The van der Waals surface area contributed by atoms with Gasteiger partial charge < -0.3 is 14.8 Å². The molecule has 0 saturated carbocycles. The molecule has 2 aromatic carbocycles. The Labute approximate surface area is 154 Å². The van der Waals surface area contributed by atoms with Crippen molar-refractivity contribution in [2.75, 3.05) is 11.9 Å². The summed E-state index contributed by atoms with van der Waals surface area (Å²) in [5.74, 6) is -0.0439. The fourth-order valence-corrected chi connectivity index (χ4v) is 2.39. The first kappa shape index (κ1) is 19.5. The molecular formula is C21H25NO4. The third-order valence-corrected chi connectivity index (χ3v) is 3.88. The molecule has 1 amide bonds. The number of ether oxygens (including phenoxy) is 2. The van der Waals surface area contributed by atoms with E-state index in [4.69, 9.17) is 9.47 Å². The summed E-state index contributed by atoms with van der Waals surface area (Å²) >= 11 is 0. The van der Waals surface area contributed by atoms with Gasteiger partial charge in [0, 0.05) is 5.69 Å². The van der Waals surface area contributed by atoms with Gasteiger partial charge in [-0.1, -0.05) is 49.7 Å². The zero-order valence-electron chi connectivity index (χ0n) is 15.6. The molecule has 2 aromatic rings. The van der Waals surface area contributed by atoms with Crippen molar-refractivity contribution in [1.29, 1.82) is 0 Å². The van der Waals surface area contributed by atoms with Gasteiger partial charge in [0.15, 0.2) is 12.7 Å². The summed E-state index contributed by atoms with van der Waals surface area (Å²) in [4.78, 5) is 24.1. The Kier molecular flexibility index (Phi) is 6.78. The van der Waals surface area contributed by atoms with Crippen LogP contribution in [0.25, 0.3) is 0 Å². The van der Waals surface area contributed by atoms with Gasteiger partial charge in [0.25, 0.3) is 5.91 Å². The molecule has 2 rings (SSSR count). The Morgan fingerprint density at radius 3 is 2.31 bits per heavy atom. The van der Waals surface area contributed by atoms with E-state index in [2.05, 4.69) is 19.2 Å². The third-order valence-electron chi connectivity index (χ3n) is 3.88. The van der Waals surface area contributed by atoms with Crippen LogP contribution in [0.3, 0.4) is 0 Å². The highest BCUT2D eigenvalue weighted by Crippen LogP contribution is 2.25. The molecule has 5 heteroatoms. The van der Waals surface area contributed by atoms with Crippen molar-refractivity contribution in [3.63, 3.8) is 0 Å². The van der Waals surface area contributed by atoms with E-state index in [9.17, 15) is 9.59 Å². The van der Waals surface area contributed by atoms with Gasteiger partial charge in [-0.25, -0.2) is 4.79 Å². The van der Waals surface area contributed by atoms with Crippen LogP contribution in [-0.2, 0) is 14.3 Å². The highest BCUT2D eigenvalue weighted by atomic mass is 16.6. The van der Waals surface area contributed by atoms with Crippen molar-refractivity contribution in [2.45, 2.75) is 39.7 Å². The van der Waals surface area contributed by atoms with Gasteiger partial charge in [-0.3, -0.25) is 4.79 Å². The summed E-state index contributed by atoms with van der Waals surface area (Å²) in [7, 11) is 0. The first-order chi connectivity index (χ1) is 12.4. The van der Waals surface area contributed by atoms with Crippen molar-refractivity contribution < 1.29 is 19.1 Å². The number of benzene rings is 2. The highest BCUT2D eigenvalue weighted by Gasteiger charge is 2.19. The van der Waals surface area contributed by atoms with Gasteiger partial charge in [0.1, 0.15) is 5.75 Å². The number of hydrogen-bond donors (Lipinski definition) is 1. The van der Waals surface area contributed by atoms with Gasteiger partial charge in [0.2, 0.25) is 0 Å². The number of amides is 1. The minimum atomic E-state index is -0.909. The number of carbonyl (C=O) groups is 2. The van der Waals surface area contributed by atoms with E-state index in [0.29, 0.717) is 11.4 Å². The van der Waals surface area contributed by atoms with Gasteiger partial charge in [-0.2, -0.15) is 0 Å². The minimum absolute atomic E-state index is 0.244. The number of anilines is 1. The van der Waals surface area contributed by atoms with Crippen molar-refractivity contribution in [2.24, 2.45) is 0 Å². The Morgan fingerprint density at radius 1 is 1.00 bits per heavy atom. The molecule has 138 valence electrons. The smallest absolute Gasteiger partial charge is 0.344 e. The molecule has 0 heterocycles. The zero-order valence-corrected chi connectivity index (χ0v) is 15.6. The van der Waals surface area contributed by atoms with Crippen LogP contribution >= 0.6 is 0 Å². The number of esters is 1. The Balaban J connectivity index is 1.85. The molecular weight excluding hydrogens is 330 g/mol. The van der Waals surface area contributed by atoms with E-state index in [-0.39, 0.29) is 18.4 Å². The monoisotopic (exact) mass is 355 g/mol. The number of nitrogens with one attached hydrogen (secondary N) is 1. The average Bonchev–Trinajstić information content (AvgIpc) is 2.62. The number of rotatable bonds is 7. The second-order valence-corrected chi connectivity index (χ2v) is 6.47. The van der Waals surface area contributed by atoms with Crippen LogP contribution in [0, 0.1) is 6.92 Å². The maximum atomic E-state index is 12.1. The Hall–Kier alpha value is -2.82. The maximum absolute atomic E-state index is 12.1. The van der Waals surface area contributed by atoms with Crippen LogP contribution in [0.5, 0.6) is 5.75 Å². The average molecular weight is 355 g/mol. The van der Waals surface area contributed by atoms with Crippen LogP contribution < -0.4 is 10.1 Å². The van der Waals surface area contributed by atoms with Crippen molar-refractivity contribution in [1.82, 2.24) is 0 Å². The molecule has 0 aliphatic heterocycles. The van der Waals surface area contributed by atoms with E-state index >= 15 is 0 Å². The van der Waals surface area contributed by atoms with Crippen molar-refractivity contribution in [3.05, 3.63) is 59.7 Å². The molecule has 0 unspecified atom stereocenters. The normalized spacial score (nSPS) is 11.7. The summed E-state index contributed by atoms with van der Waals surface area (Å²) in [6, 6.07) is 14.9. The van der Waals surface area contributed by atoms with E-state index in [0.717, 1.165) is 11.1 Å². The molecule has 0 radical (unpaired) electrons. The molecule has 26 heavy (non-hydrogen) atoms. The highest BCUT2D eigenvalue weighted by molar-refractivity contribution is 5.95. The van der Waals surface area contributed by atoms with Gasteiger partial charge in [-0.05, 0) is 43.5 Å². The van der Waals surface area contributed by atoms with Crippen LogP contribution in [0.2, 0.25) is 0 Å². The first-order valence-corrected chi connectivity index (χ1v) is 8.65. The van der Waals surface area contributed by atoms with E-state index < -0.39 is 12.1 Å². The second-order valence-electron chi connectivity index (χ2n) is 6.47. The SMILES string of the molecule is Cc1ccc(NC(=O)[C@H](C)OC(=O)COc2ccccc2C(C)C)cc1. The standard InChI is InChI=1S/C21H25NO4/c1-14(2)18-7-5-6-8-19(18)25-13-20(23)26-16(4)21(24)22-17-11-9-15(3)10-12-17/h5-12,14,16H,13H2,1-4H3,(H,22,24)/t16-/m0/s1. The van der Waals surface area contributed by atoms with E-state index in [1.54, 1.807) is 12.1 Å². The third kappa shape index (κ3) is 5.62. The summed E-state index contributed by atoms with van der Waals surface area (Å²) in [5, 5.41) is 2.72. The fraction of sp³-hybridized carbons (Fsp3) is 0.333. The lowest BCUT2D eigenvalue weighted by atomic mass is 10.0. The molecule has 0 aromatic heterocycles. The molecule has 0 aliphatic rings.